The standard InChI is InChI=1S/C28H38ClN3O5/c1-19-9-10-22(27(33)32-17-24(30-2)14-20-6-5-12-36-18-20)16-25(19)26(21-7-4-8-23(29)15-21)37-13-11-31-28(34)35-3/h4,7-10,15-16,20,24,26,30H,5-6,11-14,17-18H2,1-3H3,(H,31,34)(H,32,33)/t20-,24-,26?/m1/s1. The van der Waals surface area contributed by atoms with Crippen LogP contribution in [0, 0.1) is 12.8 Å². The molecule has 8 nitrogen and oxygen atoms in total. The molecule has 3 N–H and O–H groups in total. The van der Waals surface area contributed by atoms with Crippen molar-refractivity contribution in [1.29, 1.82) is 0 Å². The number of carbonyl (C=O) groups excluding carboxylic acids is 2. The first-order chi connectivity index (χ1) is 17.9. The molecule has 0 aliphatic carbocycles. The third-order valence-electron chi connectivity index (χ3n) is 6.61. The highest BCUT2D eigenvalue weighted by atomic mass is 35.5. The monoisotopic (exact) mass is 531 g/mol. The smallest absolute Gasteiger partial charge is 0.406 e. The van der Waals surface area contributed by atoms with Crippen molar-refractivity contribution in [3.63, 3.8) is 0 Å². The summed E-state index contributed by atoms with van der Waals surface area (Å²) in [5, 5.41) is 9.61. The van der Waals surface area contributed by atoms with Crippen LogP contribution >= 0.6 is 11.6 Å². The van der Waals surface area contributed by atoms with E-state index >= 15 is 0 Å². The van der Waals surface area contributed by atoms with Gasteiger partial charge in [0.25, 0.3) is 5.91 Å². The van der Waals surface area contributed by atoms with Gasteiger partial charge in [0.1, 0.15) is 6.10 Å². The van der Waals surface area contributed by atoms with E-state index in [9.17, 15) is 9.59 Å². The molecule has 0 radical (unpaired) electrons. The molecule has 0 aromatic heterocycles. The maximum absolute atomic E-state index is 13.1. The molecule has 1 unspecified atom stereocenters. The van der Waals surface area contributed by atoms with Crippen molar-refractivity contribution in [2.24, 2.45) is 5.92 Å². The van der Waals surface area contributed by atoms with Gasteiger partial charge in [0.2, 0.25) is 0 Å². The Kier molecular flexibility index (Phi) is 11.7. The van der Waals surface area contributed by atoms with Gasteiger partial charge < -0.3 is 30.2 Å². The lowest BCUT2D eigenvalue weighted by Crippen LogP contribution is -2.41. The third-order valence-corrected chi connectivity index (χ3v) is 6.84. The van der Waals surface area contributed by atoms with E-state index < -0.39 is 12.2 Å². The average molecular weight is 532 g/mol. The van der Waals surface area contributed by atoms with Gasteiger partial charge in [0.05, 0.1) is 13.7 Å². The second-order valence-electron chi connectivity index (χ2n) is 9.31. The Morgan fingerprint density at radius 3 is 2.73 bits per heavy atom. The summed E-state index contributed by atoms with van der Waals surface area (Å²) < 4.78 is 16.4. The summed E-state index contributed by atoms with van der Waals surface area (Å²) in [6.45, 7) is 4.66. The minimum atomic E-state index is -0.520. The van der Waals surface area contributed by atoms with Gasteiger partial charge in [-0.25, -0.2) is 4.79 Å². The van der Waals surface area contributed by atoms with Crippen molar-refractivity contribution in [3.05, 3.63) is 69.7 Å². The van der Waals surface area contributed by atoms with Crippen LogP contribution < -0.4 is 16.0 Å². The third kappa shape index (κ3) is 9.00. The largest absolute Gasteiger partial charge is 0.453 e. The van der Waals surface area contributed by atoms with E-state index in [2.05, 4.69) is 20.7 Å². The molecule has 1 heterocycles. The number of likely N-dealkylation sites (N-methyl/N-ethyl adjacent to an activating group) is 1. The maximum Gasteiger partial charge on any atom is 0.406 e. The maximum atomic E-state index is 13.1. The van der Waals surface area contributed by atoms with Gasteiger partial charge in [-0.2, -0.15) is 0 Å². The van der Waals surface area contributed by atoms with Crippen molar-refractivity contribution in [3.8, 4) is 0 Å². The van der Waals surface area contributed by atoms with Crippen LogP contribution in [-0.2, 0) is 14.2 Å². The molecule has 1 fully saturated rings. The molecule has 2 aromatic carbocycles. The highest BCUT2D eigenvalue weighted by Crippen LogP contribution is 2.31. The molecule has 0 saturated carbocycles. The number of amides is 2. The molecule has 2 amide bonds. The van der Waals surface area contributed by atoms with Crippen molar-refractivity contribution < 1.29 is 23.8 Å². The van der Waals surface area contributed by atoms with E-state index in [-0.39, 0.29) is 25.1 Å². The molecular weight excluding hydrogens is 494 g/mol. The SMILES string of the molecule is CN[C@@H](CNC(=O)c1ccc(C)c(C(OCCNC(=O)OC)c2cccc(Cl)c2)c1)C[C@H]1CCCOC1. The van der Waals surface area contributed by atoms with Gasteiger partial charge in [-0.05, 0) is 80.1 Å². The van der Waals surface area contributed by atoms with Gasteiger partial charge in [-0.1, -0.05) is 29.8 Å². The van der Waals surface area contributed by atoms with Crippen LogP contribution in [0.1, 0.15) is 52.4 Å². The zero-order valence-electron chi connectivity index (χ0n) is 21.8. The lowest BCUT2D eigenvalue weighted by molar-refractivity contribution is 0.0478. The minimum absolute atomic E-state index is 0.140. The molecule has 9 heteroatoms. The number of aryl methyl sites for hydroxylation is 1. The summed E-state index contributed by atoms with van der Waals surface area (Å²) in [6, 6.07) is 13.2. The Morgan fingerprint density at radius 1 is 1.19 bits per heavy atom. The molecule has 1 aliphatic rings. The number of methoxy groups -OCH3 is 1. The van der Waals surface area contributed by atoms with Gasteiger partial charge in [0, 0.05) is 42.9 Å². The molecule has 1 saturated heterocycles. The molecular formula is C28H38ClN3O5. The van der Waals surface area contributed by atoms with Gasteiger partial charge in [-0.3, -0.25) is 4.79 Å². The Labute approximate surface area is 224 Å². The van der Waals surface area contributed by atoms with Crippen molar-refractivity contribution >= 4 is 23.6 Å². The quantitative estimate of drug-likeness (QED) is 0.354. The first kappa shape index (κ1) is 28.9. The number of halogens is 1. The van der Waals surface area contributed by atoms with Crippen molar-refractivity contribution in [2.45, 2.75) is 38.3 Å². The summed E-state index contributed by atoms with van der Waals surface area (Å²) in [4.78, 5) is 24.5. The number of ether oxygens (including phenoxy) is 3. The second-order valence-corrected chi connectivity index (χ2v) is 9.75. The van der Waals surface area contributed by atoms with E-state index in [1.165, 1.54) is 7.11 Å². The van der Waals surface area contributed by atoms with E-state index in [0.717, 1.165) is 49.2 Å². The van der Waals surface area contributed by atoms with Crippen LogP contribution in [0.2, 0.25) is 5.02 Å². The lowest BCUT2D eigenvalue weighted by Gasteiger charge is -2.26. The predicted molar refractivity (Wildman–Crippen MR) is 144 cm³/mol. The highest BCUT2D eigenvalue weighted by molar-refractivity contribution is 6.30. The normalized spacial score (nSPS) is 17.0. The van der Waals surface area contributed by atoms with Crippen molar-refractivity contribution in [2.75, 3.05) is 47.1 Å². The molecule has 3 rings (SSSR count). The lowest BCUT2D eigenvalue weighted by atomic mass is 9.94. The van der Waals surface area contributed by atoms with Crippen LogP contribution in [0.5, 0.6) is 0 Å². The Balaban J connectivity index is 1.72. The van der Waals surface area contributed by atoms with Crippen LogP contribution in [0.25, 0.3) is 0 Å². The molecule has 0 bridgehead atoms. The summed E-state index contributed by atoms with van der Waals surface area (Å²) in [5.41, 5.74) is 3.25. The number of hydrogen-bond donors (Lipinski definition) is 3. The molecule has 2 aromatic rings. The number of carbonyl (C=O) groups is 2. The van der Waals surface area contributed by atoms with Gasteiger partial charge in [-0.15, -0.1) is 0 Å². The molecule has 37 heavy (non-hydrogen) atoms. The molecule has 202 valence electrons. The second kappa shape index (κ2) is 14.9. The fourth-order valence-electron chi connectivity index (χ4n) is 4.52. The van der Waals surface area contributed by atoms with E-state index in [1.54, 1.807) is 6.07 Å². The average Bonchev–Trinajstić information content (AvgIpc) is 2.91. The van der Waals surface area contributed by atoms with E-state index in [1.807, 2.05) is 50.4 Å². The zero-order chi connectivity index (χ0) is 26.6. The fraction of sp³-hybridized carbons (Fsp3) is 0.500. The van der Waals surface area contributed by atoms with E-state index in [4.69, 9.17) is 21.1 Å². The Bertz CT molecular complexity index is 1030. The van der Waals surface area contributed by atoms with Gasteiger partial charge in [0.15, 0.2) is 0 Å². The number of alkyl carbamates (subject to hydrolysis) is 1. The number of hydrogen-bond acceptors (Lipinski definition) is 6. The first-order valence-electron chi connectivity index (χ1n) is 12.7. The van der Waals surface area contributed by atoms with E-state index in [0.29, 0.717) is 23.0 Å². The molecule has 3 atom stereocenters. The van der Waals surface area contributed by atoms with Crippen LogP contribution in [0.3, 0.4) is 0 Å². The highest BCUT2D eigenvalue weighted by Gasteiger charge is 2.22. The Morgan fingerprint density at radius 2 is 2.03 bits per heavy atom. The van der Waals surface area contributed by atoms with Crippen LogP contribution in [-0.4, -0.2) is 65.1 Å². The molecule has 1 aliphatic heterocycles. The fourth-order valence-corrected chi connectivity index (χ4v) is 4.72. The van der Waals surface area contributed by atoms with Gasteiger partial charge >= 0.3 is 6.09 Å². The minimum Gasteiger partial charge on any atom is -0.453 e. The summed E-state index contributed by atoms with van der Waals surface area (Å²) in [6.07, 6.45) is 2.22. The topological polar surface area (TPSA) is 97.9 Å². The number of rotatable bonds is 12. The number of benzene rings is 2. The summed E-state index contributed by atoms with van der Waals surface area (Å²) in [7, 11) is 3.24. The van der Waals surface area contributed by atoms with Crippen LogP contribution in [0.4, 0.5) is 4.79 Å². The first-order valence-corrected chi connectivity index (χ1v) is 13.1. The summed E-state index contributed by atoms with van der Waals surface area (Å²) in [5.74, 6) is 0.372. The summed E-state index contributed by atoms with van der Waals surface area (Å²) >= 11 is 6.27. The van der Waals surface area contributed by atoms with Crippen molar-refractivity contribution in [1.82, 2.24) is 16.0 Å². The number of nitrogens with one attached hydrogen (secondary N) is 3. The molecule has 0 spiro atoms. The Hall–Kier alpha value is -2.65. The zero-order valence-corrected chi connectivity index (χ0v) is 22.6. The van der Waals surface area contributed by atoms with Crippen LogP contribution in [0.15, 0.2) is 42.5 Å². The predicted octanol–water partition coefficient (Wildman–Crippen LogP) is 4.24.